The van der Waals surface area contributed by atoms with Crippen LogP contribution < -0.4 is 11.1 Å². The number of nitrogens with zero attached hydrogens (tertiary/aromatic N) is 1. The van der Waals surface area contributed by atoms with Crippen LogP contribution in [0.15, 0.2) is 29.8 Å². The minimum Gasteiger partial charge on any atom is -0.366 e. The summed E-state index contributed by atoms with van der Waals surface area (Å²) in [6.07, 6.45) is 5.14. The van der Waals surface area contributed by atoms with Gasteiger partial charge in [-0.1, -0.05) is 57.9 Å². The summed E-state index contributed by atoms with van der Waals surface area (Å²) in [7, 11) is 0. The third kappa shape index (κ3) is 10.6. The molecule has 2 amide bonds. The van der Waals surface area contributed by atoms with Crippen LogP contribution in [-0.4, -0.2) is 36.3 Å². The van der Waals surface area contributed by atoms with Gasteiger partial charge in [0.05, 0.1) is 6.54 Å². The van der Waals surface area contributed by atoms with Crippen molar-refractivity contribution in [1.29, 1.82) is 0 Å². The van der Waals surface area contributed by atoms with Gasteiger partial charge in [-0.25, -0.2) is 0 Å². The first-order valence-corrected chi connectivity index (χ1v) is 9.81. The Hall–Kier alpha value is -2.14. The molecule has 1 rings (SSSR count). The summed E-state index contributed by atoms with van der Waals surface area (Å²) in [5, 5.41) is 3.00. The second kappa shape index (κ2) is 14.0. The van der Waals surface area contributed by atoms with Crippen LogP contribution in [-0.2, 0) is 9.59 Å². The molecule has 0 radical (unpaired) electrons. The zero-order chi connectivity index (χ0) is 20.8. The molecule has 5 nitrogen and oxygen atoms in total. The average Bonchev–Trinajstić information content (AvgIpc) is 2.63. The van der Waals surface area contributed by atoms with E-state index in [0.29, 0.717) is 12.1 Å². The number of primary amides is 1. The van der Waals surface area contributed by atoms with Gasteiger partial charge >= 0.3 is 0 Å². The number of nitrogens with two attached hydrogens (primary N) is 1. The number of amides is 2. The summed E-state index contributed by atoms with van der Waals surface area (Å²) in [6.45, 7) is 14.3. The summed E-state index contributed by atoms with van der Waals surface area (Å²) >= 11 is 0. The van der Waals surface area contributed by atoms with Crippen LogP contribution in [0.3, 0.4) is 0 Å². The Morgan fingerprint density at radius 2 is 1.67 bits per heavy atom. The van der Waals surface area contributed by atoms with Crippen molar-refractivity contribution in [3.63, 3.8) is 0 Å². The van der Waals surface area contributed by atoms with E-state index in [2.05, 4.69) is 31.0 Å². The van der Waals surface area contributed by atoms with Gasteiger partial charge in [-0.15, -0.1) is 0 Å². The van der Waals surface area contributed by atoms with Gasteiger partial charge in [0, 0.05) is 11.3 Å². The van der Waals surface area contributed by atoms with Crippen LogP contribution >= 0.6 is 0 Å². The van der Waals surface area contributed by atoms with Gasteiger partial charge in [-0.3, -0.25) is 14.5 Å². The van der Waals surface area contributed by atoms with Crippen molar-refractivity contribution >= 4 is 17.5 Å². The first kappa shape index (κ1) is 24.9. The van der Waals surface area contributed by atoms with Crippen LogP contribution in [0.5, 0.6) is 0 Å². The Kier molecular flexibility index (Phi) is 12.9. The maximum absolute atomic E-state index is 11.9. The molecule has 0 aliphatic carbocycles. The van der Waals surface area contributed by atoms with Gasteiger partial charge in [0.25, 0.3) is 0 Å². The fourth-order valence-corrected chi connectivity index (χ4v) is 2.46. The van der Waals surface area contributed by atoms with Gasteiger partial charge in [0.2, 0.25) is 11.8 Å². The van der Waals surface area contributed by atoms with E-state index in [1.54, 1.807) is 6.92 Å². The van der Waals surface area contributed by atoms with E-state index in [-0.39, 0.29) is 11.8 Å². The Labute approximate surface area is 165 Å². The largest absolute Gasteiger partial charge is 0.366 e. The highest BCUT2D eigenvalue weighted by molar-refractivity contribution is 5.93. The molecule has 0 bridgehead atoms. The van der Waals surface area contributed by atoms with Crippen LogP contribution in [0.4, 0.5) is 5.69 Å². The number of rotatable bonds is 9. The molecule has 0 fully saturated rings. The molecule has 27 heavy (non-hydrogen) atoms. The van der Waals surface area contributed by atoms with Crippen LogP contribution in [0.1, 0.15) is 58.1 Å². The van der Waals surface area contributed by atoms with Crippen LogP contribution in [0.2, 0.25) is 0 Å². The Balaban J connectivity index is 0.000000580. The molecule has 0 atom stereocenters. The molecule has 1 aromatic rings. The van der Waals surface area contributed by atoms with Gasteiger partial charge in [-0.2, -0.15) is 0 Å². The van der Waals surface area contributed by atoms with E-state index in [0.717, 1.165) is 49.2 Å². The normalized spacial score (nSPS) is 11.0. The first-order valence-electron chi connectivity index (χ1n) is 9.81. The molecule has 152 valence electrons. The highest BCUT2D eigenvalue weighted by Crippen LogP contribution is 2.19. The number of unbranched alkanes of at least 4 members (excludes halogenated alkanes) is 2. The number of carbonyl (C=O) groups is 2. The lowest BCUT2D eigenvalue weighted by atomic mass is 10.1. The smallest absolute Gasteiger partial charge is 0.244 e. The van der Waals surface area contributed by atoms with Crippen LogP contribution in [0.25, 0.3) is 0 Å². The van der Waals surface area contributed by atoms with Gasteiger partial charge in [0.1, 0.15) is 0 Å². The predicted molar refractivity (Wildman–Crippen MR) is 115 cm³/mol. The molecule has 0 aliphatic heterocycles. The number of hydrogen-bond acceptors (Lipinski definition) is 3. The summed E-state index contributed by atoms with van der Waals surface area (Å²) in [6, 6.07) is 6.03. The highest BCUT2D eigenvalue weighted by atomic mass is 16.2. The quantitative estimate of drug-likeness (QED) is 0.502. The van der Waals surface area contributed by atoms with Crippen LogP contribution in [0, 0.1) is 13.8 Å². The minimum absolute atomic E-state index is 0.0612. The third-order valence-electron chi connectivity index (χ3n) is 4.40. The first-order chi connectivity index (χ1) is 12.8. The van der Waals surface area contributed by atoms with Crippen molar-refractivity contribution in [1.82, 2.24) is 4.90 Å². The predicted octanol–water partition coefficient (Wildman–Crippen LogP) is 4.19. The van der Waals surface area contributed by atoms with E-state index < -0.39 is 0 Å². The Morgan fingerprint density at radius 3 is 2.11 bits per heavy atom. The van der Waals surface area contributed by atoms with Crippen molar-refractivity contribution in [3.8, 4) is 0 Å². The molecule has 0 saturated carbocycles. The summed E-state index contributed by atoms with van der Waals surface area (Å²) < 4.78 is 0. The number of para-hydroxylation sites is 1. The van der Waals surface area contributed by atoms with Gasteiger partial charge < -0.3 is 11.1 Å². The van der Waals surface area contributed by atoms with Crippen molar-refractivity contribution < 1.29 is 9.59 Å². The molecule has 1 aromatic carbocycles. The molecule has 0 unspecified atom stereocenters. The second-order valence-electron chi connectivity index (χ2n) is 6.67. The Morgan fingerprint density at radius 1 is 1.11 bits per heavy atom. The fraction of sp³-hybridized carbons (Fsp3) is 0.545. The third-order valence-corrected chi connectivity index (χ3v) is 4.40. The second-order valence-corrected chi connectivity index (χ2v) is 6.67. The summed E-state index contributed by atoms with van der Waals surface area (Å²) in [5.74, 6) is -0.248. The lowest BCUT2D eigenvalue weighted by Gasteiger charge is -2.18. The number of allylic oxidation sites excluding steroid dienone is 1. The number of nitrogens with one attached hydrogen (secondary N) is 1. The van der Waals surface area contributed by atoms with Crippen molar-refractivity contribution in [3.05, 3.63) is 41.0 Å². The van der Waals surface area contributed by atoms with Crippen molar-refractivity contribution in [2.45, 2.75) is 60.8 Å². The fourth-order valence-electron chi connectivity index (χ4n) is 2.46. The number of aryl methyl sites for hydroxylation is 2. The maximum Gasteiger partial charge on any atom is 0.244 e. The molecule has 0 aromatic heterocycles. The van der Waals surface area contributed by atoms with E-state index in [1.165, 1.54) is 0 Å². The summed E-state index contributed by atoms with van der Waals surface area (Å²) in [5.41, 5.74) is 8.85. The monoisotopic (exact) mass is 375 g/mol. The molecule has 0 spiro atoms. The molecule has 0 heterocycles. The molecule has 3 N–H and O–H groups in total. The van der Waals surface area contributed by atoms with E-state index in [4.69, 9.17) is 5.73 Å². The molecular weight excluding hydrogens is 338 g/mol. The van der Waals surface area contributed by atoms with Gasteiger partial charge in [-0.05, 0) is 51.4 Å². The van der Waals surface area contributed by atoms with E-state index in [9.17, 15) is 9.59 Å². The lowest BCUT2D eigenvalue weighted by Crippen LogP contribution is -2.33. The highest BCUT2D eigenvalue weighted by Gasteiger charge is 2.10. The lowest BCUT2D eigenvalue weighted by molar-refractivity contribution is -0.117. The van der Waals surface area contributed by atoms with Crippen molar-refractivity contribution in [2.24, 2.45) is 5.73 Å². The molecular formula is C22H37N3O2. The number of carbonyl (C=O) groups excluding carboxylic acids is 2. The van der Waals surface area contributed by atoms with E-state index in [1.807, 2.05) is 38.1 Å². The number of likely N-dealkylation sites (N-methyl/N-ethyl adjacent to an activating group) is 1. The zero-order valence-electron chi connectivity index (χ0n) is 17.9. The van der Waals surface area contributed by atoms with E-state index >= 15 is 0 Å². The average molecular weight is 376 g/mol. The summed E-state index contributed by atoms with van der Waals surface area (Å²) in [4.78, 5) is 24.4. The maximum atomic E-state index is 11.9. The van der Waals surface area contributed by atoms with Gasteiger partial charge in [0.15, 0.2) is 0 Å². The standard InChI is InChI=1S/C14H22N2O.C8H15NO/c1-5-16(6-2)10-13(17)15-14-11(3)8-7-9-12(14)4;1-3-4-5-6-7(2)8(9)10/h7-9H,5-6,10H2,1-4H3,(H,15,17);6H,3-5H2,1-2H3,(H2,9,10). The topological polar surface area (TPSA) is 75.4 Å². The molecule has 0 aliphatic rings. The minimum atomic E-state index is -0.309. The number of hydrogen-bond donors (Lipinski definition) is 2. The number of anilines is 1. The number of benzene rings is 1. The Bertz CT molecular complexity index is 600. The van der Waals surface area contributed by atoms with Crippen molar-refractivity contribution in [2.75, 3.05) is 25.0 Å². The zero-order valence-corrected chi connectivity index (χ0v) is 17.9. The molecule has 0 saturated heterocycles. The molecule has 5 heteroatoms. The SMILES string of the molecule is CCCCC=C(C)C(N)=O.CCN(CC)CC(=O)Nc1c(C)cccc1C.